The summed E-state index contributed by atoms with van der Waals surface area (Å²) in [5, 5.41) is 1.64. The minimum Gasteiger partial charge on any atom is -0.493 e. The molecule has 0 bridgehead atoms. The van der Waals surface area contributed by atoms with Crippen LogP contribution in [0.5, 0.6) is 23.0 Å². The average Bonchev–Trinajstić information content (AvgIpc) is 3.30. The maximum absolute atomic E-state index is 12.1. The van der Waals surface area contributed by atoms with Gasteiger partial charge in [0.05, 0.1) is 26.7 Å². The van der Waals surface area contributed by atoms with Crippen LogP contribution >= 0.6 is 11.6 Å². The molecule has 40 heavy (non-hydrogen) atoms. The van der Waals surface area contributed by atoms with Crippen molar-refractivity contribution in [1.29, 1.82) is 0 Å². The molecule has 0 N–H and O–H groups in total. The summed E-state index contributed by atoms with van der Waals surface area (Å²) in [6.07, 6.45) is 2.92. The Kier molecular flexibility index (Phi) is 8.89. The van der Waals surface area contributed by atoms with E-state index in [9.17, 15) is 4.79 Å². The predicted molar refractivity (Wildman–Crippen MR) is 157 cm³/mol. The van der Waals surface area contributed by atoms with Crippen LogP contribution in [0.2, 0.25) is 5.02 Å². The predicted octanol–water partition coefficient (Wildman–Crippen LogP) is 7.70. The number of carbonyl (C=O) groups is 1. The Bertz CT molecular complexity index is 1560. The van der Waals surface area contributed by atoms with Crippen LogP contribution < -0.4 is 14.2 Å². The van der Waals surface area contributed by atoms with Crippen molar-refractivity contribution in [3.05, 3.63) is 119 Å². The lowest BCUT2D eigenvalue weighted by atomic mass is 10.1. The minimum absolute atomic E-state index is 0.201. The van der Waals surface area contributed by atoms with Crippen molar-refractivity contribution in [1.82, 2.24) is 4.57 Å². The second-order valence-electron chi connectivity index (χ2n) is 9.28. The lowest BCUT2D eigenvalue weighted by Gasteiger charge is -2.11. The molecule has 0 spiro atoms. The Morgan fingerprint density at radius 3 is 2.23 bits per heavy atom. The van der Waals surface area contributed by atoms with Gasteiger partial charge in [-0.1, -0.05) is 48.0 Å². The Balaban J connectivity index is 1.18. The molecule has 0 fully saturated rings. The zero-order valence-electron chi connectivity index (χ0n) is 22.2. The van der Waals surface area contributed by atoms with Gasteiger partial charge in [0.15, 0.2) is 0 Å². The van der Waals surface area contributed by atoms with Gasteiger partial charge in [-0.2, -0.15) is 0 Å². The fourth-order valence-corrected chi connectivity index (χ4v) is 4.55. The van der Waals surface area contributed by atoms with E-state index in [-0.39, 0.29) is 12.4 Å². The molecule has 0 aliphatic heterocycles. The normalized spacial score (nSPS) is 10.8. The van der Waals surface area contributed by atoms with Crippen LogP contribution in [0.4, 0.5) is 0 Å². The van der Waals surface area contributed by atoms with E-state index in [1.807, 2.05) is 79.0 Å². The van der Waals surface area contributed by atoms with Gasteiger partial charge in [0, 0.05) is 41.2 Å². The van der Waals surface area contributed by atoms with E-state index in [4.69, 9.17) is 30.5 Å². The molecule has 5 rings (SSSR count). The first-order valence-electron chi connectivity index (χ1n) is 13.1. The van der Waals surface area contributed by atoms with Crippen molar-refractivity contribution in [2.75, 3.05) is 20.3 Å². The molecule has 0 saturated heterocycles. The van der Waals surface area contributed by atoms with Crippen molar-refractivity contribution >= 4 is 28.5 Å². The van der Waals surface area contributed by atoms with Gasteiger partial charge in [-0.3, -0.25) is 4.79 Å². The highest BCUT2D eigenvalue weighted by Crippen LogP contribution is 2.29. The van der Waals surface area contributed by atoms with E-state index in [0.717, 1.165) is 28.0 Å². The van der Waals surface area contributed by atoms with E-state index in [1.54, 1.807) is 12.1 Å². The molecule has 0 unspecified atom stereocenters. The molecule has 0 saturated carbocycles. The van der Waals surface area contributed by atoms with Crippen LogP contribution in [0.15, 0.2) is 103 Å². The maximum Gasteiger partial charge on any atom is 0.310 e. The molecule has 4 aromatic carbocycles. The summed E-state index contributed by atoms with van der Waals surface area (Å²) in [5.74, 6) is 2.59. The largest absolute Gasteiger partial charge is 0.493 e. The van der Waals surface area contributed by atoms with Gasteiger partial charge in [-0.05, 0) is 65.7 Å². The first-order chi connectivity index (χ1) is 19.6. The van der Waals surface area contributed by atoms with Gasteiger partial charge in [-0.25, -0.2) is 0 Å². The number of rotatable bonds is 12. The van der Waals surface area contributed by atoms with E-state index in [2.05, 4.69) is 16.7 Å². The zero-order chi connectivity index (χ0) is 27.7. The molecule has 1 heterocycles. The highest BCUT2D eigenvalue weighted by Gasteiger charge is 2.14. The molecule has 6 nitrogen and oxygen atoms in total. The average molecular weight is 556 g/mol. The number of ether oxygens (including phenoxy) is 4. The quantitative estimate of drug-likeness (QED) is 0.117. The van der Waals surface area contributed by atoms with Gasteiger partial charge in [-0.15, -0.1) is 0 Å². The third-order valence-corrected chi connectivity index (χ3v) is 6.63. The molecule has 7 heteroatoms. The van der Waals surface area contributed by atoms with Crippen molar-refractivity contribution in [3.63, 3.8) is 0 Å². The van der Waals surface area contributed by atoms with Crippen LogP contribution in [0.25, 0.3) is 10.9 Å². The number of carbonyl (C=O) groups excluding carboxylic acids is 1. The minimum atomic E-state index is -0.273. The number of methoxy groups -OCH3 is 1. The van der Waals surface area contributed by atoms with Crippen molar-refractivity contribution in [2.24, 2.45) is 0 Å². The zero-order valence-corrected chi connectivity index (χ0v) is 23.0. The summed E-state index contributed by atoms with van der Waals surface area (Å²) >= 11 is 5.94. The highest BCUT2D eigenvalue weighted by atomic mass is 35.5. The Labute approximate surface area is 238 Å². The molecular weight excluding hydrogens is 526 g/mol. The fourth-order valence-electron chi connectivity index (χ4n) is 4.42. The molecule has 0 atom stereocenters. The van der Waals surface area contributed by atoms with E-state index in [1.165, 1.54) is 12.7 Å². The monoisotopic (exact) mass is 555 g/mol. The number of fused-ring (bicyclic) bond motifs is 1. The van der Waals surface area contributed by atoms with Crippen molar-refractivity contribution in [3.8, 4) is 23.0 Å². The van der Waals surface area contributed by atoms with Gasteiger partial charge in [0.2, 0.25) is 0 Å². The van der Waals surface area contributed by atoms with Gasteiger partial charge < -0.3 is 23.5 Å². The number of hydrogen-bond acceptors (Lipinski definition) is 5. The molecule has 0 radical (unpaired) electrons. The van der Waals surface area contributed by atoms with Gasteiger partial charge in [0.1, 0.15) is 23.0 Å². The molecule has 0 aliphatic carbocycles. The summed E-state index contributed by atoms with van der Waals surface area (Å²) in [6.45, 7) is 1.69. The standard InChI is InChI=1S/C33H30ClNO5/c1-37-33(36)19-25-23-35(22-24-7-3-2-4-8-24)32-16-15-29(21-31(25)32)39-18-6-17-38-28-9-5-10-30(20-28)40-27-13-11-26(34)12-14-27/h2-5,7-16,20-21,23H,6,17-19,22H2,1H3. The number of nitrogens with zero attached hydrogens (tertiary/aromatic N) is 1. The lowest BCUT2D eigenvalue weighted by Crippen LogP contribution is -2.05. The maximum atomic E-state index is 12.1. The van der Waals surface area contributed by atoms with Crippen LogP contribution in [0.1, 0.15) is 17.5 Å². The molecule has 204 valence electrons. The molecule has 0 amide bonds. The summed E-state index contributed by atoms with van der Waals surface area (Å²) in [7, 11) is 1.41. The number of aromatic nitrogens is 1. The number of halogens is 1. The second-order valence-corrected chi connectivity index (χ2v) is 9.72. The fraction of sp³-hybridized carbons (Fsp3) is 0.182. The van der Waals surface area contributed by atoms with E-state index < -0.39 is 0 Å². The highest BCUT2D eigenvalue weighted by molar-refractivity contribution is 6.30. The van der Waals surface area contributed by atoms with Gasteiger partial charge >= 0.3 is 5.97 Å². The summed E-state index contributed by atoms with van der Waals surface area (Å²) in [6, 6.07) is 31.0. The number of benzene rings is 4. The molecule has 0 aliphatic rings. The van der Waals surface area contributed by atoms with E-state index in [0.29, 0.717) is 42.7 Å². The SMILES string of the molecule is COC(=O)Cc1cn(Cc2ccccc2)c2ccc(OCCCOc3cccc(Oc4ccc(Cl)cc4)c3)cc12. The van der Waals surface area contributed by atoms with Crippen LogP contribution in [0.3, 0.4) is 0 Å². The Hall–Kier alpha value is -4.42. The van der Waals surface area contributed by atoms with Crippen LogP contribution in [-0.4, -0.2) is 30.9 Å². The first kappa shape index (κ1) is 27.2. The summed E-state index contributed by atoms with van der Waals surface area (Å²) < 4.78 is 24.9. The number of esters is 1. The Morgan fingerprint density at radius 2 is 1.48 bits per heavy atom. The van der Waals surface area contributed by atoms with Crippen molar-refractivity contribution < 1.29 is 23.7 Å². The summed E-state index contributed by atoms with van der Waals surface area (Å²) in [5.41, 5.74) is 3.14. The topological polar surface area (TPSA) is 58.9 Å². The van der Waals surface area contributed by atoms with E-state index >= 15 is 0 Å². The smallest absolute Gasteiger partial charge is 0.310 e. The van der Waals surface area contributed by atoms with Gasteiger partial charge in [0.25, 0.3) is 0 Å². The number of hydrogen-bond donors (Lipinski definition) is 0. The van der Waals surface area contributed by atoms with Crippen LogP contribution in [0, 0.1) is 0 Å². The Morgan fingerprint density at radius 1 is 0.775 bits per heavy atom. The molecule has 5 aromatic rings. The molecular formula is C33H30ClNO5. The molecule has 1 aromatic heterocycles. The van der Waals surface area contributed by atoms with Crippen molar-refractivity contribution in [2.45, 2.75) is 19.4 Å². The van der Waals surface area contributed by atoms with Crippen LogP contribution in [-0.2, 0) is 22.5 Å². The lowest BCUT2D eigenvalue weighted by molar-refractivity contribution is -0.139. The first-order valence-corrected chi connectivity index (χ1v) is 13.5. The second kappa shape index (κ2) is 13.1. The summed E-state index contributed by atoms with van der Waals surface area (Å²) in [4.78, 5) is 12.1. The third-order valence-electron chi connectivity index (χ3n) is 6.37. The third kappa shape index (κ3) is 7.16.